The van der Waals surface area contributed by atoms with Gasteiger partial charge in [0, 0.05) is 18.0 Å². The second-order valence-electron chi connectivity index (χ2n) is 4.12. The molecule has 1 fully saturated rings. The molecule has 1 aliphatic rings. The molecule has 1 unspecified atom stereocenters. The molecule has 0 radical (unpaired) electrons. The first-order valence-corrected chi connectivity index (χ1v) is 7.22. The van der Waals surface area contributed by atoms with E-state index in [1.165, 1.54) is 18.1 Å². The third-order valence-electron chi connectivity index (χ3n) is 2.92. The zero-order chi connectivity index (χ0) is 14.2. The van der Waals surface area contributed by atoms with Crippen LogP contribution in [0.3, 0.4) is 0 Å². The molecule has 0 spiro atoms. The molecule has 1 amide bonds. The molecule has 5 nitrogen and oxygen atoms in total. The summed E-state index contributed by atoms with van der Waals surface area (Å²) >= 11 is 5.84. The van der Waals surface area contributed by atoms with Gasteiger partial charge in [0.2, 0.25) is 5.91 Å². The molecule has 1 atom stereocenters. The van der Waals surface area contributed by atoms with Crippen molar-refractivity contribution in [3.05, 3.63) is 23.2 Å². The first-order chi connectivity index (χ1) is 8.82. The topological polar surface area (TPSA) is 63.7 Å². The van der Waals surface area contributed by atoms with Crippen LogP contribution >= 0.6 is 11.6 Å². The Balaban J connectivity index is 2.38. The largest absolute Gasteiger partial charge is 0.495 e. The van der Waals surface area contributed by atoms with E-state index < -0.39 is 21.4 Å². The van der Waals surface area contributed by atoms with Crippen molar-refractivity contribution in [3.63, 3.8) is 0 Å². The predicted octanol–water partition coefficient (Wildman–Crippen LogP) is 1.75. The van der Waals surface area contributed by atoms with Crippen molar-refractivity contribution in [2.75, 3.05) is 18.6 Å². The number of methoxy groups -OCH3 is 1. The van der Waals surface area contributed by atoms with Gasteiger partial charge in [-0.3, -0.25) is 4.79 Å². The van der Waals surface area contributed by atoms with E-state index in [4.69, 9.17) is 16.3 Å². The zero-order valence-corrected chi connectivity index (χ0v) is 11.5. The van der Waals surface area contributed by atoms with Crippen LogP contribution in [0.1, 0.15) is 6.42 Å². The number of hydrogen-bond donors (Lipinski definition) is 0. The van der Waals surface area contributed by atoms with E-state index in [-0.39, 0.29) is 13.0 Å². The molecule has 0 aromatic heterocycles. The van der Waals surface area contributed by atoms with Crippen LogP contribution in [0.4, 0.5) is 9.57 Å². The number of hydrogen-bond acceptors (Lipinski definition) is 4. The fourth-order valence-corrected chi connectivity index (χ4v) is 2.81. The number of benzene rings is 1. The quantitative estimate of drug-likeness (QED) is 0.798. The lowest BCUT2D eigenvalue weighted by atomic mass is 10.2. The second kappa shape index (κ2) is 4.97. The van der Waals surface area contributed by atoms with Crippen molar-refractivity contribution in [1.29, 1.82) is 0 Å². The molecule has 1 heterocycles. The molecule has 1 aromatic rings. The molecular weight excluding hydrogens is 297 g/mol. The zero-order valence-electron chi connectivity index (χ0n) is 9.97. The number of anilines is 1. The van der Waals surface area contributed by atoms with Gasteiger partial charge in [-0.1, -0.05) is 11.6 Å². The lowest BCUT2D eigenvalue weighted by Gasteiger charge is -2.19. The lowest BCUT2D eigenvalue weighted by Crippen LogP contribution is -2.27. The summed E-state index contributed by atoms with van der Waals surface area (Å²) in [7, 11) is -3.33. The van der Waals surface area contributed by atoms with E-state index in [9.17, 15) is 17.1 Å². The van der Waals surface area contributed by atoms with Gasteiger partial charge in [0.15, 0.2) is 0 Å². The summed E-state index contributed by atoms with van der Waals surface area (Å²) in [6.45, 7) is -0.242. The second-order valence-corrected chi connectivity index (χ2v) is 6.18. The van der Waals surface area contributed by atoms with Crippen LogP contribution in [0.15, 0.2) is 18.2 Å². The lowest BCUT2D eigenvalue weighted by molar-refractivity contribution is -0.117. The average Bonchev–Trinajstić information content (AvgIpc) is 2.71. The Hall–Kier alpha value is -1.34. The minimum absolute atomic E-state index is 0.242. The van der Waals surface area contributed by atoms with Crippen molar-refractivity contribution in [3.8, 4) is 5.75 Å². The standard InChI is InChI=1S/C11H11ClFNO4S/c1-18-10-3-2-7(12)4-9(10)14-6-8(5-11(14)15)19(13,16)17/h2-4,8H,5-6H2,1H3. The third-order valence-corrected chi connectivity index (χ3v) is 4.27. The normalized spacial score (nSPS) is 19.8. The van der Waals surface area contributed by atoms with Gasteiger partial charge in [0.1, 0.15) is 11.0 Å². The minimum atomic E-state index is -4.74. The summed E-state index contributed by atoms with van der Waals surface area (Å²) in [6.07, 6.45) is -0.380. The van der Waals surface area contributed by atoms with Crippen LogP contribution in [-0.4, -0.2) is 33.2 Å². The van der Waals surface area contributed by atoms with Gasteiger partial charge in [-0.05, 0) is 18.2 Å². The Morgan fingerprint density at radius 1 is 1.47 bits per heavy atom. The van der Waals surface area contributed by atoms with Crippen molar-refractivity contribution in [2.45, 2.75) is 11.7 Å². The Labute approximate surface area is 115 Å². The van der Waals surface area contributed by atoms with Gasteiger partial charge in [-0.25, -0.2) is 0 Å². The van der Waals surface area contributed by atoms with Gasteiger partial charge < -0.3 is 9.64 Å². The molecule has 1 aromatic carbocycles. The van der Waals surface area contributed by atoms with Gasteiger partial charge in [0.05, 0.1) is 12.8 Å². The van der Waals surface area contributed by atoms with E-state index >= 15 is 0 Å². The Kier molecular flexibility index (Phi) is 3.69. The van der Waals surface area contributed by atoms with Crippen molar-refractivity contribution in [1.82, 2.24) is 0 Å². The molecule has 1 aliphatic heterocycles. The molecule has 0 N–H and O–H groups in total. The highest BCUT2D eigenvalue weighted by molar-refractivity contribution is 7.87. The van der Waals surface area contributed by atoms with Gasteiger partial charge >= 0.3 is 10.2 Å². The summed E-state index contributed by atoms with van der Waals surface area (Å²) in [5.41, 5.74) is 0.339. The summed E-state index contributed by atoms with van der Waals surface area (Å²) in [5, 5.41) is -0.973. The minimum Gasteiger partial charge on any atom is -0.495 e. The van der Waals surface area contributed by atoms with Crippen molar-refractivity contribution >= 4 is 33.4 Å². The molecule has 0 saturated carbocycles. The summed E-state index contributed by atoms with van der Waals surface area (Å²) in [6, 6.07) is 4.61. The van der Waals surface area contributed by atoms with E-state index in [2.05, 4.69) is 0 Å². The maximum absolute atomic E-state index is 13.0. The number of carbonyl (C=O) groups is 1. The summed E-state index contributed by atoms with van der Waals surface area (Å²) < 4.78 is 39.8. The first-order valence-electron chi connectivity index (χ1n) is 5.40. The number of nitrogens with zero attached hydrogens (tertiary/aromatic N) is 1. The smallest absolute Gasteiger partial charge is 0.307 e. The van der Waals surface area contributed by atoms with Crippen molar-refractivity contribution in [2.24, 2.45) is 0 Å². The van der Waals surface area contributed by atoms with Gasteiger partial charge in [0.25, 0.3) is 0 Å². The fourth-order valence-electron chi connectivity index (χ4n) is 1.97. The maximum Gasteiger partial charge on any atom is 0.307 e. The molecule has 8 heteroatoms. The average molecular weight is 308 g/mol. The summed E-state index contributed by atoms with van der Waals surface area (Å²) in [5.74, 6) is -0.110. The highest BCUT2D eigenvalue weighted by atomic mass is 35.5. The number of rotatable bonds is 3. The van der Waals surface area contributed by atoms with E-state index in [0.29, 0.717) is 16.5 Å². The van der Waals surface area contributed by atoms with Crippen LogP contribution in [-0.2, 0) is 15.0 Å². The number of amides is 1. The number of halogens is 2. The Morgan fingerprint density at radius 3 is 2.68 bits per heavy atom. The van der Waals surface area contributed by atoms with E-state index in [0.717, 1.165) is 0 Å². The van der Waals surface area contributed by atoms with Gasteiger partial charge in [-0.15, -0.1) is 3.89 Å². The Morgan fingerprint density at radius 2 is 2.16 bits per heavy atom. The maximum atomic E-state index is 13.0. The highest BCUT2D eigenvalue weighted by Crippen LogP contribution is 2.35. The fraction of sp³-hybridized carbons (Fsp3) is 0.364. The van der Waals surface area contributed by atoms with E-state index in [1.54, 1.807) is 12.1 Å². The monoisotopic (exact) mass is 307 g/mol. The van der Waals surface area contributed by atoms with Gasteiger partial charge in [-0.2, -0.15) is 8.42 Å². The van der Waals surface area contributed by atoms with Crippen LogP contribution in [0, 0.1) is 0 Å². The molecule has 0 aliphatic carbocycles. The third kappa shape index (κ3) is 2.82. The molecule has 104 valence electrons. The number of carbonyl (C=O) groups excluding carboxylic acids is 1. The first kappa shape index (κ1) is 14.1. The highest BCUT2D eigenvalue weighted by Gasteiger charge is 2.39. The molecule has 2 rings (SSSR count). The predicted molar refractivity (Wildman–Crippen MR) is 68.8 cm³/mol. The molecule has 0 bridgehead atoms. The number of ether oxygens (including phenoxy) is 1. The van der Waals surface area contributed by atoms with Crippen molar-refractivity contribution < 1.29 is 21.8 Å². The van der Waals surface area contributed by atoms with Crippen LogP contribution in [0.25, 0.3) is 0 Å². The van der Waals surface area contributed by atoms with E-state index in [1.807, 2.05) is 0 Å². The van der Waals surface area contributed by atoms with Crippen LogP contribution in [0.5, 0.6) is 5.75 Å². The summed E-state index contributed by atoms with van der Waals surface area (Å²) in [4.78, 5) is 13.0. The molecule has 19 heavy (non-hydrogen) atoms. The van der Waals surface area contributed by atoms with Crippen LogP contribution < -0.4 is 9.64 Å². The molecular formula is C11H11ClFNO4S. The Bertz CT molecular complexity index is 619. The molecule has 1 saturated heterocycles. The SMILES string of the molecule is COc1ccc(Cl)cc1N1CC(S(=O)(=O)F)CC1=O. The van der Waals surface area contributed by atoms with Crippen LogP contribution in [0.2, 0.25) is 5.02 Å².